The minimum Gasteiger partial charge on any atom is -0.506 e. The van der Waals surface area contributed by atoms with E-state index in [0.717, 1.165) is 26.5 Å². The number of aliphatic hydroxyl groups excluding tert-OH is 1. The van der Waals surface area contributed by atoms with Crippen molar-refractivity contribution in [3.05, 3.63) is 108 Å². The molecule has 1 amide bonds. The van der Waals surface area contributed by atoms with Gasteiger partial charge in [-0.15, -0.1) is 0 Å². The third kappa shape index (κ3) is 7.21. The normalized spacial score (nSPS) is 14.6. The number of rotatable bonds is 9. The number of nitriles is 1. The second-order valence-electron chi connectivity index (χ2n) is 8.96. The number of benzene rings is 3. The van der Waals surface area contributed by atoms with E-state index in [2.05, 4.69) is 33.7 Å². The number of thioether (sulfide) groups is 1. The van der Waals surface area contributed by atoms with E-state index in [1.54, 1.807) is 55.5 Å². The summed E-state index contributed by atoms with van der Waals surface area (Å²) < 4.78 is 17.8. The van der Waals surface area contributed by atoms with Gasteiger partial charge in [0.2, 0.25) is 0 Å². The van der Waals surface area contributed by atoms with Gasteiger partial charge in [0.15, 0.2) is 11.5 Å². The van der Waals surface area contributed by atoms with E-state index < -0.39 is 11.9 Å². The molecule has 1 N–H and O–H groups in total. The minimum absolute atomic E-state index is 0.0543. The zero-order valence-electron chi connectivity index (χ0n) is 23.1. The molecule has 1 aliphatic heterocycles. The molecule has 0 bridgehead atoms. The van der Waals surface area contributed by atoms with Crippen molar-refractivity contribution in [2.24, 2.45) is 4.99 Å². The quantitative estimate of drug-likeness (QED) is 0.185. The molecule has 3 aromatic carbocycles. The molecule has 0 radical (unpaired) electrons. The van der Waals surface area contributed by atoms with Gasteiger partial charge in [-0.1, -0.05) is 47.7 Å². The van der Waals surface area contributed by atoms with Gasteiger partial charge in [-0.05, 0) is 85.3 Å². The molecule has 3 aromatic rings. The Hall–Kier alpha value is -4.08. The number of aliphatic imine (C=N–C) groups is 1. The van der Waals surface area contributed by atoms with Crippen LogP contribution in [0.5, 0.6) is 11.5 Å². The van der Waals surface area contributed by atoms with E-state index in [1.165, 1.54) is 0 Å². The summed E-state index contributed by atoms with van der Waals surface area (Å²) in [7, 11) is 0. The van der Waals surface area contributed by atoms with E-state index in [1.807, 2.05) is 32.0 Å². The molecule has 0 atom stereocenters. The number of amides is 1. The number of hydrogen-bond donors (Lipinski definition) is 1. The molecule has 1 aliphatic rings. The van der Waals surface area contributed by atoms with Gasteiger partial charge >= 0.3 is 5.97 Å². The molecule has 0 spiro atoms. The van der Waals surface area contributed by atoms with Gasteiger partial charge in [-0.2, -0.15) is 5.26 Å². The topological polar surface area (TPSA) is 118 Å². The Kier molecular flexibility index (Phi) is 10.4. The van der Waals surface area contributed by atoms with Crippen LogP contribution in [0.1, 0.15) is 46.5 Å². The summed E-state index contributed by atoms with van der Waals surface area (Å²) in [6, 6.07) is 19.9. The predicted molar refractivity (Wildman–Crippen MR) is 171 cm³/mol. The third-order valence-electron chi connectivity index (χ3n) is 6.01. The van der Waals surface area contributed by atoms with Crippen molar-refractivity contribution in [2.75, 3.05) is 13.2 Å². The molecular weight excluding hydrogens is 667 g/mol. The summed E-state index contributed by atoms with van der Waals surface area (Å²) in [4.78, 5) is 30.1. The minimum atomic E-state index is -0.771. The van der Waals surface area contributed by atoms with Crippen molar-refractivity contribution in [3.63, 3.8) is 0 Å². The maximum absolute atomic E-state index is 12.9. The van der Waals surface area contributed by atoms with Crippen LogP contribution in [0.4, 0.5) is 0 Å². The number of esters is 1. The summed E-state index contributed by atoms with van der Waals surface area (Å²) in [5.74, 6) is -0.640. The third-order valence-corrected chi connectivity index (χ3v) is 7.83. The van der Waals surface area contributed by atoms with E-state index in [-0.39, 0.29) is 29.6 Å². The number of nitrogens with zero attached hydrogens (tertiary/aromatic N) is 2. The maximum Gasteiger partial charge on any atom is 0.344 e. The lowest BCUT2D eigenvalue weighted by Crippen LogP contribution is -2.14. The first-order valence-electron chi connectivity index (χ1n) is 13.0. The highest BCUT2D eigenvalue weighted by Gasteiger charge is 2.34. The van der Waals surface area contributed by atoms with Crippen LogP contribution in [0.15, 0.2) is 81.9 Å². The highest BCUT2D eigenvalue weighted by Crippen LogP contribution is 2.41. The second kappa shape index (κ2) is 14.2. The van der Waals surface area contributed by atoms with Gasteiger partial charge in [0.25, 0.3) is 5.91 Å². The number of aryl methyl sites for hydroxylation is 1. The van der Waals surface area contributed by atoms with Gasteiger partial charge in [0, 0.05) is 11.1 Å². The lowest BCUT2D eigenvalue weighted by molar-refractivity contribution is -0.138. The van der Waals surface area contributed by atoms with Gasteiger partial charge in [0.1, 0.15) is 23.0 Å². The first-order valence-corrected chi connectivity index (χ1v) is 14.9. The van der Waals surface area contributed by atoms with Gasteiger partial charge in [-0.3, -0.25) is 4.79 Å². The molecule has 0 unspecified atom stereocenters. The second-order valence-corrected chi connectivity index (χ2v) is 11.2. The summed E-state index contributed by atoms with van der Waals surface area (Å²) in [6.07, 6.45) is 1.68. The number of carbonyl (C=O) groups is 2. The number of hydrogen-bond acceptors (Lipinski definition) is 8. The molecule has 42 heavy (non-hydrogen) atoms. The Morgan fingerprint density at radius 1 is 1.07 bits per heavy atom. The van der Waals surface area contributed by atoms with Crippen LogP contribution in [-0.4, -0.2) is 35.2 Å². The van der Waals surface area contributed by atoms with Crippen LogP contribution < -0.4 is 9.47 Å². The van der Waals surface area contributed by atoms with E-state index in [4.69, 9.17) is 14.2 Å². The van der Waals surface area contributed by atoms with Crippen LogP contribution >= 0.6 is 34.4 Å². The lowest BCUT2D eigenvalue weighted by Gasteiger charge is -2.15. The predicted octanol–water partition coefficient (Wildman–Crippen LogP) is 7.15. The molecule has 0 aromatic heterocycles. The molecule has 214 valence electrons. The van der Waals surface area contributed by atoms with Crippen molar-refractivity contribution in [1.82, 2.24) is 0 Å². The molecule has 1 heterocycles. The molecule has 8 nitrogen and oxygen atoms in total. The first kappa shape index (κ1) is 30.9. The highest BCUT2D eigenvalue weighted by molar-refractivity contribution is 14.1. The van der Waals surface area contributed by atoms with Crippen LogP contribution in [0.25, 0.3) is 6.08 Å². The average molecular weight is 695 g/mol. The molecular formula is C32H27IN2O6S. The smallest absolute Gasteiger partial charge is 0.344 e. The first-order chi connectivity index (χ1) is 20.2. The highest BCUT2D eigenvalue weighted by atomic mass is 127. The fraction of sp³-hybridized carbons (Fsp3) is 0.188. The van der Waals surface area contributed by atoms with Crippen molar-refractivity contribution in [3.8, 4) is 17.6 Å². The summed E-state index contributed by atoms with van der Waals surface area (Å²) in [6.45, 7) is 6.07. The largest absolute Gasteiger partial charge is 0.506 e. The van der Waals surface area contributed by atoms with E-state index >= 15 is 0 Å². The SMILES string of the molecule is CCOC(=O)C1=C(O)/C(=C/c2cc(I)c(OCc3ccccc3C#N)c(OCC)c2)SC1=NC(=O)c1ccc(C)cc1. The number of aliphatic hydroxyl groups is 1. The number of ether oxygens (including phenoxy) is 3. The zero-order valence-corrected chi connectivity index (χ0v) is 26.1. The molecule has 0 fully saturated rings. The van der Waals surface area contributed by atoms with Crippen LogP contribution in [0, 0.1) is 21.8 Å². The Labute approximate surface area is 261 Å². The van der Waals surface area contributed by atoms with Crippen molar-refractivity contribution in [1.29, 1.82) is 5.26 Å². The van der Waals surface area contributed by atoms with Gasteiger partial charge in [-0.25, -0.2) is 9.79 Å². The molecule has 0 aliphatic carbocycles. The van der Waals surface area contributed by atoms with Crippen LogP contribution in [0.3, 0.4) is 0 Å². The average Bonchev–Trinajstić information content (AvgIpc) is 3.27. The van der Waals surface area contributed by atoms with Crippen molar-refractivity contribution >= 4 is 57.3 Å². The number of halogens is 1. The number of carbonyl (C=O) groups excluding carboxylic acids is 2. The Bertz CT molecular complexity index is 1650. The van der Waals surface area contributed by atoms with Gasteiger partial charge < -0.3 is 19.3 Å². The lowest BCUT2D eigenvalue weighted by atomic mass is 10.1. The Morgan fingerprint density at radius 2 is 1.81 bits per heavy atom. The fourth-order valence-corrected chi connectivity index (χ4v) is 5.77. The van der Waals surface area contributed by atoms with Gasteiger partial charge in [0.05, 0.1) is 33.3 Å². The molecule has 0 saturated carbocycles. The summed E-state index contributed by atoms with van der Waals surface area (Å²) in [5, 5.41) is 20.5. The van der Waals surface area contributed by atoms with Crippen molar-refractivity contribution in [2.45, 2.75) is 27.4 Å². The molecule has 4 rings (SSSR count). The summed E-state index contributed by atoms with van der Waals surface area (Å²) in [5.41, 5.74) is 3.13. The standard InChI is InChI=1S/C32H27IN2O6S/c1-4-39-25-15-20(14-24(33)29(25)41-18-23-9-7-6-8-22(23)17-34)16-26-28(36)27(32(38)40-5-2)31(42-26)35-30(37)21-12-10-19(3)11-13-21/h6-16,36H,4-5,18H2,1-3H3/b26-16-,35-31?. The van der Waals surface area contributed by atoms with E-state index in [0.29, 0.717) is 39.7 Å². The van der Waals surface area contributed by atoms with Crippen molar-refractivity contribution < 1.29 is 28.9 Å². The van der Waals surface area contributed by atoms with Crippen LogP contribution in [0.2, 0.25) is 0 Å². The zero-order chi connectivity index (χ0) is 30.2. The summed E-state index contributed by atoms with van der Waals surface area (Å²) >= 11 is 3.14. The Morgan fingerprint density at radius 3 is 2.50 bits per heavy atom. The van der Waals surface area contributed by atoms with Crippen LogP contribution in [-0.2, 0) is 16.1 Å². The molecule has 0 saturated heterocycles. The Balaban J connectivity index is 1.68. The fourth-order valence-electron chi connectivity index (χ4n) is 3.98. The monoisotopic (exact) mass is 694 g/mol. The maximum atomic E-state index is 12.9. The van der Waals surface area contributed by atoms with E-state index in [9.17, 15) is 20.0 Å². The molecule has 10 heteroatoms.